The molecule has 0 saturated heterocycles. The van der Waals surface area contributed by atoms with Crippen molar-refractivity contribution >= 4 is 0 Å². The molecule has 0 aromatic carbocycles. The standard InChI is InChI=1S/C9H13N5O/c1-9(2,10)8-12-7(15-13-8)6-4-5-11-14(6)3/h4-5H,10H2,1-3H3. The van der Waals surface area contributed by atoms with Crippen molar-refractivity contribution in [2.24, 2.45) is 12.8 Å². The van der Waals surface area contributed by atoms with Crippen LogP contribution in [-0.2, 0) is 12.6 Å². The molecular weight excluding hydrogens is 194 g/mol. The predicted octanol–water partition coefficient (Wildman–Crippen LogP) is 0.664. The number of nitrogens with two attached hydrogens (primary N) is 1. The van der Waals surface area contributed by atoms with Gasteiger partial charge in [-0.3, -0.25) is 4.68 Å². The number of hydrogen-bond acceptors (Lipinski definition) is 5. The summed E-state index contributed by atoms with van der Waals surface area (Å²) >= 11 is 0. The summed E-state index contributed by atoms with van der Waals surface area (Å²) in [6.45, 7) is 3.65. The minimum Gasteiger partial charge on any atom is -0.332 e. The minimum absolute atomic E-state index is 0.434. The molecule has 2 aromatic heterocycles. The highest BCUT2D eigenvalue weighted by molar-refractivity contribution is 5.46. The molecule has 15 heavy (non-hydrogen) atoms. The van der Waals surface area contributed by atoms with Gasteiger partial charge in [-0.2, -0.15) is 10.1 Å². The highest BCUT2D eigenvalue weighted by atomic mass is 16.5. The van der Waals surface area contributed by atoms with Crippen LogP contribution < -0.4 is 5.73 Å². The summed E-state index contributed by atoms with van der Waals surface area (Å²) < 4.78 is 6.78. The average molecular weight is 207 g/mol. The van der Waals surface area contributed by atoms with E-state index in [1.165, 1.54) is 0 Å². The highest BCUT2D eigenvalue weighted by Crippen LogP contribution is 2.19. The fourth-order valence-electron chi connectivity index (χ4n) is 1.17. The fraction of sp³-hybridized carbons (Fsp3) is 0.444. The van der Waals surface area contributed by atoms with Crippen molar-refractivity contribution in [2.75, 3.05) is 0 Å². The number of nitrogens with zero attached hydrogens (tertiary/aromatic N) is 4. The zero-order valence-electron chi connectivity index (χ0n) is 8.93. The lowest BCUT2D eigenvalue weighted by molar-refractivity contribution is 0.395. The Kier molecular flexibility index (Phi) is 2.08. The van der Waals surface area contributed by atoms with Gasteiger partial charge in [-0.1, -0.05) is 5.16 Å². The third-order valence-electron chi connectivity index (χ3n) is 2.04. The summed E-state index contributed by atoms with van der Waals surface area (Å²) in [4.78, 5) is 4.22. The highest BCUT2D eigenvalue weighted by Gasteiger charge is 2.22. The maximum Gasteiger partial charge on any atom is 0.276 e. The quantitative estimate of drug-likeness (QED) is 0.782. The monoisotopic (exact) mass is 207 g/mol. The first-order valence-corrected chi connectivity index (χ1v) is 4.60. The van der Waals surface area contributed by atoms with E-state index in [9.17, 15) is 0 Å². The van der Waals surface area contributed by atoms with Crippen LogP contribution in [0.1, 0.15) is 19.7 Å². The second kappa shape index (κ2) is 3.16. The van der Waals surface area contributed by atoms with Gasteiger partial charge >= 0.3 is 0 Å². The summed E-state index contributed by atoms with van der Waals surface area (Å²) in [6, 6.07) is 1.81. The second-order valence-corrected chi connectivity index (χ2v) is 3.98. The molecule has 6 heteroatoms. The van der Waals surface area contributed by atoms with Crippen molar-refractivity contribution in [1.29, 1.82) is 0 Å². The SMILES string of the molecule is Cn1nccc1-c1nc(C(C)(C)N)no1. The van der Waals surface area contributed by atoms with E-state index in [-0.39, 0.29) is 0 Å². The van der Waals surface area contributed by atoms with Crippen LogP contribution in [0, 0.1) is 0 Å². The van der Waals surface area contributed by atoms with Crippen LogP contribution in [0.5, 0.6) is 0 Å². The van der Waals surface area contributed by atoms with Gasteiger partial charge in [0.2, 0.25) is 0 Å². The van der Waals surface area contributed by atoms with E-state index in [0.717, 1.165) is 5.69 Å². The zero-order valence-corrected chi connectivity index (χ0v) is 8.93. The number of hydrogen-bond donors (Lipinski definition) is 1. The molecule has 0 atom stereocenters. The molecule has 2 aromatic rings. The molecule has 0 unspecified atom stereocenters. The fourth-order valence-corrected chi connectivity index (χ4v) is 1.17. The normalized spacial score (nSPS) is 12.0. The van der Waals surface area contributed by atoms with Crippen molar-refractivity contribution in [2.45, 2.75) is 19.4 Å². The summed E-state index contributed by atoms with van der Waals surface area (Å²) in [5.74, 6) is 0.919. The third-order valence-corrected chi connectivity index (χ3v) is 2.04. The molecule has 0 bridgehead atoms. The van der Waals surface area contributed by atoms with Gasteiger partial charge in [0.1, 0.15) is 5.69 Å². The lowest BCUT2D eigenvalue weighted by Gasteiger charge is -2.11. The maximum absolute atomic E-state index is 5.85. The lowest BCUT2D eigenvalue weighted by Crippen LogP contribution is -2.30. The summed E-state index contributed by atoms with van der Waals surface area (Å²) in [5.41, 5.74) is 6.03. The molecule has 2 N–H and O–H groups in total. The van der Waals surface area contributed by atoms with Crippen LogP contribution >= 0.6 is 0 Å². The molecule has 0 saturated carbocycles. The Morgan fingerprint density at radius 1 is 1.47 bits per heavy atom. The van der Waals surface area contributed by atoms with Crippen LogP contribution in [0.25, 0.3) is 11.6 Å². The number of aromatic nitrogens is 4. The van der Waals surface area contributed by atoms with Gasteiger partial charge in [-0.15, -0.1) is 0 Å². The molecule has 0 radical (unpaired) electrons. The summed E-state index contributed by atoms with van der Waals surface area (Å²) in [6.07, 6.45) is 1.67. The van der Waals surface area contributed by atoms with Crippen LogP contribution in [0.4, 0.5) is 0 Å². The first kappa shape index (κ1) is 9.85. The Bertz CT molecular complexity index is 465. The van der Waals surface area contributed by atoms with Crippen LogP contribution in [0.3, 0.4) is 0 Å². The maximum atomic E-state index is 5.85. The largest absolute Gasteiger partial charge is 0.332 e. The Labute approximate surface area is 87.1 Å². The lowest BCUT2D eigenvalue weighted by atomic mass is 10.1. The molecule has 0 aliphatic carbocycles. The van der Waals surface area contributed by atoms with E-state index >= 15 is 0 Å². The second-order valence-electron chi connectivity index (χ2n) is 3.98. The number of aryl methyl sites for hydroxylation is 1. The van der Waals surface area contributed by atoms with E-state index in [0.29, 0.717) is 11.7 Å². The van der Waals surface area contributed by atoms with Crippen molar-refractivity contribution in [3.63, 3.8) is 0 Å². The van der Waals surface area contributed by atoms with Crippen molar-refractivity contribution in [3.8, 4) is 11.6 Å². The van der Waals surface area contributed by atoms with Gasteiger partial charge in [0.05, 0.1) is 5.54 Å². The van der Waals surface area contributed by atoms with Gasteiger partial charge in [-0.25, -0.2) is 0 Å². The van der Waals surface area contributed by atoms with E-state index in [1.54, 1.807) is 16.9 Å². The Morgan fingerprint density at radius 2 is 2.20 bits per heavy atom. The van der Waals surface area contributed by atoms with Gasteiger partial charge in [0.15, 0.2) is 5.82 Å². The first-order valence-electron chi connectivity index (χ1n) is 4.60. The first-order chi connectivity index (χ1) is 6.98. The average Bonchev–Trinajstić information content (AvgIpc) is 2.69. The summed E-state index contributed by atoms with van der Waals surface area (Å²) in [5, 5.41) is 7.85. The van der Waals surface area contributed by atoms with Crippen LogP contribution in [0.2, 0.25) is 0 Å². The summed E-state index contributed by atoms with van der Waals surface area (Å²) in [7, 11) is 1.81. The van der Waals surface area contributed by atoms with Gasteiger partial charge in [-0.05, 0) is 19.9 Å². The predicted molar refractivity (Wildman–Crippen MR) is 53.7 cm³/mol. The zero-order chi connectivity index (χ0) is 11.1. The number of rotatable bonds is 2. The minimum atomic E-state index is -0.597. The smallest absolute Gasteiger partial charge is 0.276 e. The van der Waals surface area contributed by atoms with E-state index in [1.807, 2.05) is 20.9 Å². The molecule has 0 aliphatic rings. The van der Waals surface area contributed by atoms with Crippen molar-refractivity contribution in [1.82, 2.24) is 19.9 Å². The topological polar surface area (TPSA) is 82.8 Å². The molecule has 0 amide bonds. The van der Waals surface area contributed by atoms with Crippen molar-refractivity contribution < 1.29 is 4.52 Å². The van der Waals surface area contributed by atoms with Gasteiger partial charge in [0, 0.05) is 13.2 Å². The van der Waals surface area contributed by atoms with E-state index in [2.05, 4.69) is 15.2 Å². The molecule has 2 heterocycles. The molecule has 0 spiro atoms. The Balaban J connectivity index is 2.41. The molecular formula is C9H13N5O. The Hall–Kier alpha value is -1.69. The molecule has 0 aliphatic heterocycles. The molecule has 6 nitrogen and oxygen atoms in total. The molecule has 2 rings (SSSR count). The van der Waals surface area contributed by atoms with E-state index < -0.39 is 5.54 Å². The van der Waals surface area contributed by atoms with E-state index in [4.69, 9.17) is 10.3 Å². The molecule has 80 valence electrons. The van der Waals surface area contributed by atoms with Gasteiger partial charge in [0.25, 0.3) is 5.89 Å². The molecule has 0 fully saturated rings. The Morgan fingerprint density at radius 3 is 2.67 bits per heavy atom. The van der Waals surface area contributed by atoms with Crippen molar-refractivity contribution in [3.05, 3.63) is 18.1 Å². The van der Waals surface area contributed by atoms with Crippen LogP contribution in [0.15, 0.2) is 16.8 Å². The van der Waals surface area contributed by atoms with Gasteiger partial charge < -0.3 is 10.3 Å². The third kappa shape index (κ3) is 1.75. The van der Waals surface area contributed by atoms with Crippen LogP contribution in [-0.4, -0.2) is 19.9 Å².